The Bertz CT molecular complexity index is 2870. The lowest BCUT2D eigenvalue weighted by molar-refractivity contribution is -0.370. The molecule has 0 amide bonds. The van der Waals surface area contributed by atoms with Crippen LogP contribution in [-0.2, 0) is 71.4 Å². The maximum absolute atomic E-state index is 12.7. The lowest BCUT2D eigenvalue weighted by atomic mass is 9.78. The molecule has 5 unspecified atom stereocenters. The normalized spacial score (nSPS) is 28.3. The number of rotatable bonds is 49. The first kappa shape index (κ1) is 100. The van der Waals surface area contributed by atoms with Crippen LogP contribution in [0.4, 0.5) is 0 Å². The third-order valence-corrected chi connectivity index (χ3v) is 52.2. The van der Waals surface area contributed by atoms with Crippen LogP contribution in [0.15, 0.2) is 48.6 Å². The molecule has 1 spiro atoms. The van der Waals surface area contributed by atoms with Gasteiger partial charge in [0.1, 0.15) is 18.0 Å². The zero-order valence-corrected chi connectivity index (χ0v) is 81.2. The number of hydrogen-bond donors (Lipinski definition) is 2. The number of aliphatic hydroxyl groups excluding tert-OH is 1. The van der Waals surface area contributed by atoms with Gasteiger partial charge in [0.05, 0.1) is 73.8 Å². The predicted molar refractivity (Wildman–Crippen MR) is 466 cm³/mol. The zero-order valence-electron chi connectivity index (χ0n) is 76.2. The van der Waals surface area contributed by atoms with E-state index >= 15 is 0 Å². The summed E-state index contributed by atoms with van der Waals surface area (Å²) in [5.74, 6) is -2.31. The topological polar surface area (TPSA) is 187 Å². The minimum Gasteiger partial charge on any atom is -0.497 e. The molecule has 111 heavy (non-hydrogen) atoms. The largest absolute Gasteiger partial charge is 0.497 e. The van der Waals surface area contributed by atoms with E-state index in [-0.39, 0.29) is 59.4 Å². The van der Waals surface area contributed by atoms with Gasteiger partial charge in [-0.2, -0.15) is 0 Å². The highest BCUT2D eigenvalue weighted by molar-refractivity contribution is 6.76. The molecule has 0 aromatic heterocycles. The van der Waals surface area contributed by atoms with E-state index in [4.69, 9.17) is 64.8 Å². The van der Waals surface area contributed by atoms with E-state index < -0.39 is 113 Å². The molecule has 17 nitrogen and oxygen atoms in total. The van der Waals surface area contributed by atoms with Crippen LogP contribution in [0.25, 0.3) is 0 Å². The van der Waals surface area contributed by atoms with Crippen LogP contribution < -0.4 is 4.74 Å². The first-order valence-corrected chi connectivity index (χ1v) is 57.4. The summed E-state index contributed by atoms with van der Waals surface area (Å²) in [4.78, 5) is 12.7. The summed E-state index contributed by atoms with van der Waals surface area (Å²) in [5.41, 5.74) is -0.566. The van der Waals surface area contributed by atoms with Crippen LogP contribution in [0.2, 0.25) is 90.2 Å². The van der Waals surface area contributed by atoms with E-state index in [1.54, 1.807) is 20.3 Å². The summed E-state index contributed by atoms with van der Waals surface area (Å²) in [5, 5.41) is 22.7. The maximum Gasteiger partial charge on any atom is 0.328 e. The quantitative estimate of drug-likeness (QED) is 0.0271. The van der Waals surface area contributed by atoms with Crippen LogP contribution in [0.3, 0.4) is 0 Å². The maximum atomic E-state index is 12.7. The first-order chi connectivity index (χ1) is 52.0. The molecular weight excluding hydrogens is 1480 g/mol. The molecule has 0 radical (unpaired) electrons. The number of hydrogen-bond acceptors (Lipinski definition) is 16. The number of carbonyl (C=O) groups is 1. The Balaban J connectivity index is 1.73. The van der Waals surface area contributed by atoms with Crippen molar-refractivity contribution in [2.24, 2.45) is 29.6 Å². The van der Waals surface area contributed by atoms with Crippen LogP contribution in [-0.4, -0.2) is 175 Å². The van der Waals surface area contributed by atoms with E-state index in [0.29, 0.717) is 63.2 Å². The molecule has 4 fully saturated rings. The fourth-order valence-electron chi connectivity index (χ4n) is 18.4. The van der Waals surface area contributed by atoms with Crippen LogP contribution >= 0.6 is 0 Å². The standard InChI is InChI=1S/C89H168O17Si5/c1-31-73(103-111(41-11,42-12)64(13)14)58-76-66(16)51-55-89(100-76)61-72(90)57-75(99-89)59-78(95-63-70-47-49-74(93-27)50-48-70)71(56-65(15)62-96-107(29,30)85(20,21)22)46-44-43-45-53-87(25,105-109(35-5,36-6)37-7)84(104-108(32-2,33-3)34-4)82(98-80-60-77(94-28)67(17)69(19)97-80)81-68(18)83(102-86(23,24)101-81)88(26,54-52-79(91)92)106-110(38-8,39-9)40-10/h44,46-50,52,54,64-69,71-73,75-78,80-84,90H,31-43,45,51,53,55-63H2,1-30H3,(H,91,92)/b46-44+,54-52+/t65-,66-,67+,68+,69+,71?,72?,73+,75?,76-,77-,78?,80+,81+,82-,83-,84+,87+,88+,89?/m0/s1. The van der Waals surface area contributed by atoms with Gasteiger partial charge in [0, 0.05) is 69.3 Å². The molecular formula is C89H168O17Si5. The van der Waals surface area contributed by atoms with Crippen molar-refractivity contribution in [2.45, 2.75) is 450 Å². The molecule has 4 aliphatic rings. The van der Waals surface area contributed by atoms with Crippen molar-refractivity contribution in [3.05, 3.63) is 54.1 Å². The number of allylic oxidation sites excluding steroid dienone is 1. The number of aliphatic carboxylic acids is 1. The summed E-state index contributed by atoms with van der Waals surface area (Å²) in [6, 6.07) is 18.4. The molecule has 2 N–H and O–H groups in total. The van der Waals surface area contributed by atoms with Crippen LogP contribution in [0.1, 0.15) is 263 Å². The monoisotopic (exact) mass is 1650 g/mol. The van der Waals surface area contributed by atoms with Crippen molar-refractivity contribution < 1.29 is 79.8 Å². The molecule has 22 heteroatoms. The Morgan fingerprint density at radius 3 is 1.86 bits per heavy atom. The lowest BCUT2D eigenvalue weighted by Gasteiger charge is -2.57. The number of unbranched alkanes of at least 4 members (excludes halogenated alkanes) is 1. The Kier molecular flexibility index (Phi) is 39.8. The van der Waals surface area contributed by atoms with Crippen molar-refractivity contribution in [3.8, 4) is 5.75 Å². The van der Waals surface area contributed by atoms with E-state index in [2.05, 4.69) is 197 Å². The highest BCUT2D eigenvalue weighted by Crippen LogP contribution is 2.50. The molecule has 4 saturated heterocycles. The van der Waals surface area contributed by atoms with Crippen LogP contribution in [0, 0.1) is 29.6 Å². The van der Waals surface area contributed by atoms with Crippen molar-refractivity contribution in [1.82, 2.24) is 0 Å². The van der Waals surface area contributed by atoms with Crippen molar-refractivity contribution in [2.75, 3.05) is 20.8 Å². The average molecular weight is 1650 g/mol. The minimum absolute atomic E-state index is 0.0425. The predicted octanol–water partition coefficient (Wildman–Crippen LogP) is 22.9. The summed E-state index contributed by atoms with van der Waals surface area (Å²) in [6.45, 7) is 64.1. The number of benzene rings is 1. The zero-order chi connectivity index (χ0) is 83.4. The highest BCUT2D eigenvalue weighted by Gasteiger charge is 2.60. The van der Waals surface area contributed by atoms with Gasteiger partial charge >= 0.3 is 5.97 Å². The van der Waals surface area contributed by atoms with Gasteiger partial charge in [0.2, 0.25) is 0 Å². The number of carboxylic acid groups (broad SMARTS) is 1. The summed E-state index contributed by atoms with van der Waals surface area (Å²) >= 11 is 0. The molecule has 0 aliphatic carbocycles. The van der Waals surface area contributed by atoms with Gasteiger partial charge < -0.3 is 75.0 Å². The second-order valence-corrected chi connectivity index (χ2v) is 61.2. The Labute approximate surface area is 683 Å². The van der Waals surface area contributed by atoms with E-state index in [1.807, 2.05) is 32.9 Å². The molecule has 1 aromatic rings. The second kappa shape index (κ2) is 44.2. The lowest BCUT2D eigenvalue weighted by Crippen LogP contribution is -2.68. The molecule has 0 saturated carbocycles. The van der Waals surface area contributed by atoms with Gasteiger partial charge in [0.15, 0.2) is 59.5 Å². The van der Waals surface area contributed by atoms with E-state index in [0.717, 1.165) is 116 Å². The molecule has 646 valence electrons. The van der Waals surface area contributed by atoms with Gasteiger partial charge in [-0.1, -0.05) is 170 Å². The Morgan fingerprint density at radius 1 is 0.730 bits per heavy atom. The highest BCUT2D eigenvalue weighted by atomic mass is 28.4. The van der Waals surface area contributed by atoms with E-state index in [1.165, 1.54) is 6.08 Å². The Morgan fingerprint density at radius 2 is 1.32 bits per heavy atom. The minimum atomic E-state index is -2.62. The van der Waals surface area contributed by atoms with Gasteiger partial charge in [-0.25, -0.2) is 4.79 Å². The fourth-order valence-corrected chi connectivity index (χ4v) is 32.4. The number of ether oxygens (including phenoxy) is 9. The van der Waals surface area contributed by atoms with Crippen molar-refractivity contribution in [3.63, 3.8) is 0 Å². The number of aliphatic hydroxyl groups is 1. The molecule has 20 atom stereocenters. The fraction of sp³-hybridized carbons (Fsp3) is 0.876. The third kappa shape index (κ3) is 27.0. The van der Waals surface area contributed by atoms with Crippen LogP contribution in [0.5, 0.6) is 5.75 Å². The molecule has 0 bridgehead atoms. The summed E-state index contributed by atoms with van der Waals surface area (Å²) in [7, 11) is -8.25. The SMILES string of the molecule is CC[C@H](C[C@@H]1OC2(CC[C@@H]1C)CC(O)CC(CC(OCc1ccc(OC)cc1)C(/C=C/CCC[C@@](C)(O[Si](CC)(CC)CC)[C@H](O[Si](CC)(CC)CC)[C@@H](O[C@@H]1C[C@H](OC)[C@H](C)[C@@H](C)O1)[C@@H]1OC(C)(C)O[C@H]([C@@](C)(/C=C/C(=O)O)O[Si](CC)(CC)CC)[C@@H]1C)C[C@H](C)CO[Si](C)(C)C(C)(C)C)O2)O[Si](CC)(CC)C(C)C. The third-order valence-electron chi connectivity index (χ3n) is 28.2. The molecule has 4 heterocycles. The number of methoxy groups -OCH3 is 2. The van der Waals surface area contributed by atoms with Gasteiger partial charge in [-0.3, -0.25) is 0 Å². The molecule has 1 aromatic carbocycles. The summed E-state index contributed by atoms with van der Waals surface area (Å²) < 4.78 is 103. The Hall–Kier alpha value is -1.51. The molecule has 5 rings (SSSR count). The first-order valence-electron chi connectivity index (χ1n) is 44.5. The molecule has 4 aliphatic heterocycles. The summed E-state index contributed by atoms with van der Waals surface area (Å²) in [6.07, 6.45) is 11.0. The smallest absolute Gasteiger partial charge is 0.328 e. The second-order valence-electron chi connectivity index (χ2n) is 37.3. The van der Waals surface area contributed by atoms with Gasteiger partial charge in [-0.15, -0.1) is 0 Å². The van der Waals surface area contributed by atoms with Crippen molar-refractivity contribution >= 4 is 47.6 Å². The van der Waals surface area contributed by atoms with E-state index in [9.17, 15) is 15.0 Å². The van der Waals surface area contributed by atoms with Gasteiger partial charge in [-0.05, 0) is 212 Å². The van der Waals surface area contributed by atoms with Crippen molar-refractivity contribution in [1.29, 1.82) is 0 Å². The average Bonchev–Trinajstić information content (AvgIpc) is 0.741. The van der Waals surface area contributed by atoms with Gasteiger partial charge in [0.25, 0.3) is 0 Å². The number of carboxylic acids is 1.